The van der Waals surface area contributed by atoms with Crippen LogP contribution in [0.15, 0.2) is 35.8 Å². The highest BCUT2D eigenvalue weighted by Gasteiger charge is 2.10. The number of hydrogen-bond acceptors (Lipinski definition) is 5. The van der Waals surface area contributed by atoms with Crippen LogP contribution in [0.3, 0.4) is 0 Å². The van der Waals surface area contributed by atoms with E-state index in [9.17, 15) is 0 Å². The minimum Gasteiger partial charge on any atom is -0.481 e. The molecule has 2 aromatic heterocycles. The van der Waals surface area contributed by atoms with E-state index in [1.54, 1.807) is 30.7 Å². The van der Waals surface area contributed by atoms with Gasteiger partial charge in [0, 0.05) is 29.2 Å². The first kappa shape index (κ1) is 12.6. The molecule has 2 rings (SSSR count). The summed E-state index contributed by atoms with van der Waals surface area (Å²) in [5.41, 5.74) is 0.842. The molecule has 0 bridgehead atoms. The van der Waals surface area contributed by atoms with Gasteiger partial charge in [-0.25, -0.2) is 4.98 Å². The molecule has 0 fully saturated rings. The zero-order chi connectivity index (χ0) is 12.8. The number of nitrogens with one attached hydrogen (secondary N) is 1. The first-order valence-corrected chi connectivity index (χ1v) is 6.37. The van der Waals surface area contributed by atoms with Gasteiger partial charge in [0.25, 0.3) is 0 Å². The molecule has 1 atom stereocenters. The Hall–Kier alpha value is -1.90. The maximum absolute atomic E-state index is 9.17. The third-order valence-corrected chi connectivity index (χ3v) is 3.37. The fraction of sp³-hybridized carbons (Fsp3) is 0.231. The normalized spacial score (nSPS) is 11.8. The van der Waals surface area contributed by atoms with E-state index in [1.807, 2.05) is 23.6 Å². The Labute approximate surface area is 110 Å². The summed E-state index contributed by atoms with van der Waals surface area (Å²) in [4.78, 5) is 5.31. The Balaban J connectivity index is 2.01. The van der Waals surface area contributed by atoms with Gasteiger partial charge in [0.2, 0.25) is 5.88 Å². The number of thiophene rings is 1. The van der Waals surface area contributed by atoms with Gasteiger partial charge in [-0.2, -0.15) is 5.26 Å². The molecule has 0 aliphatic heterocycles. The largest absolute Gasteiger partial charge is 0.481 e. The Bertz CT molecular complexity index is 516. The van der Waals surface area contributed by atoms with Crippen LogP contribution in [-0.2, 0) is 6.54 Å². The molecule has 1 N–H and O–H groups in total. The second-order valence-corrected chi connectivity index (χ2v) is 4.69. The van der Waals surface area contributed by atoms with E-state index in [4.69, 9.17) is 10.00 Å². The standard InChI is InChI=1S/C13H13N3OS/c1-17-13-5-4-10(8-16-13)12(7-14)15-9-11-3-2-6-18-11/h2-6,8,12,15H,9H2,1H3. The van der Waals surface area contributed by atoms with Crippen LogP contribution in [-0.4, -0.2) is 12.1 Å². The summed E-state index contributed by atoms with van der Waals surface area (Å²) >= 11 is 1.67. The monoisotopic (exact) mass is 259 g/mol. The lowest BCUT2D eigenvalue weighted by Crippen LogP contribution is -2.19. The Morgan fingerprint density at radius 1 is 1.50 bits per heavy atom. The van der Waals surface area contributed by atoms with Gasteiger partial charge in [-0.1, -0.05) is 6.07 Å². The topological polar surface area (TPSA) is 57.9 Å². The summed E-state index contributed by atoms with van der Waals surface area (Å²) in [5, 5.41) is 14.4. The number of ether oxygens (including phenoxy) is 1. The average Bonchev–Trinajstić information content (AvgIpc) is 2.93. The van der Waals surface area contributed by atoms with Crippen LogP contribution < -0.4 is 10.1 Å². The molecule has 0 aliphatic carbocycles. The number of nitriles is 1. The van der Waals surface area contributed by atoms with Crippen molar-refractivity contribution >= 4 is 11.3 Å². The van der Waals surface area contributed by atoms with Crippen molar-refractivity contribution in [1.82, 2.24) is 10.3 Å². The summed E-state index contributed by atoms with van der Waals surface area (Å²) in [6.07, 6.45) is 1.66. The first-order valence-electron chi connectivity index (χ1n) is 5.49. The lowest BCUT2D eigenvalue weighted by Gasteiger charge is -2.11. The van der Waals surface area contributed by atoms with Crippen molar-refractivity contribution in [3.05, 3.63) is 46.3 Å². The number of aromatic nitrogens is 1. The molecule has 0 aliphatic rings. The number of rotatable bonds is 5. The zero-order valence-corrected chi connectivity index (χ0v) is 10.8. The number of nitrogens with zero attached hydrogens (tertiary/aromatic N) is 2. The van der Waals surface area contributed by atoms with Gasteiger partial charge < -0.3 is 4.74 Å². The highest BCUT2D eigenvalue weighted by molar-refractivity contribution is 7.09. The van der Waals surface area contributed by atoms with Gasteiger partial charge in [0.15, 0.2) is 0 Å². The van der Waals surface area contributed by atoms with E-state index >= 15 is 0 Å². The first-order chi connectivity index (χ1) is 8.83. The molecule has 0 saturated heterocycles. The van der Waals surface area contributed by atoms with Crippen LogP contribution in [0.4, 0.5) is 0 Å². The Kier molecular flexibility index (Phi) is 4.29. The van der Waals surface area contributed by atoms with Crippen molar-refractivity contribution in [2.45, 2.75) is 12.6 Å². The molecule has 0 aromatic carbocycles. The van der Waals surface area contributed by atoms with Crippen molar-refractivity contribution in [2.75, 3.05) is 7.11 Å². The second kappa shape index (κ2) is 6.15. The summed E-state index contributed by atoms with van der Waals surface area (Å²) in [7, 11) is 1.57. The van der Waals surface area contributed by atoms with Gasteiger partial charge in [-0.05, 0) is 17.5 Å². The fourth-order valence-electron chi connectivity index (χ4n) is 1.54. The Morgan fingerprint density at radius 3 is 2.94 bits per heavy atom. The lowest BCUT2D eigenvalue weighted by atomic mass is 10.1. The Morgan fingerprint density at radius 2 is 2.39 bits per heavy atom. The lowest BCUT2D eigenvalue weighted by molar-refractivity contribution is 0.397. The fourth-order valence-corrected chi connectivity index (χ4v) is 2.19. The molecule has 2 aromatic rings. The van der Waals surface area contributed by atoms with Crippen molar-refractivity contribution in [2.24, 2.45) is 0 Å². The van der Waals surface area contributed by atoms with Gasteiger partial charge in [-0.15, -0.1) is 11.3 Å². The van der Waals surface area contributed by atoms with Crippen LogP contribution in [0.25, 0.3) is 0 Å². The maximum Gasteiger partial charge on any atom is 0.212 e. The van der Waals surface area contributed by atoms with Crippen LogP contribution in [0.1, 0.15) is 16.5 Å². The number of methoxy groups -OCH3 is 1. The molecule has 0 radical (unpaired) electrons. The van der Waals surface area contributed by atoms with Crippen LogP contribution >= 0.6 is 11.3 Å². The molecular formula is C13H13N3OS. The summed E-state index contributed by atoms with van der Waals surface area (Å²) in [6.45, 7) is 0.682. The molecule has 1 unspecified atom stereocenters. The van der Waals surface area contributed by atoms with E-state index in [2.05, 4.69) is 16.4 Å². The minimum atomic E-state index is -0.356. The molecule has 0 amide bonds. The van der Waals surface area contributed by atoms with E-state index in [0.717, 1.165) is 5.56 Å². The van der Waals surface area contributed by atoms with E-state index in [1.165, 1.54) is 4.88 Å². The van der Waals surface area contributed by atoms with Crippen LogP contribution in [0.5, 0.6) is 5.88 Å². The molecule has 4 nitrogen and oxygen atoms in total. The van der Waals surface area contributed by atoms with Gasteiger partial charge >= 0.3 is 0 Å². The van der Waals surface area contributed by atoms with Crippen LogP contribution in [0, 0.1) is 11.3 Å². The molecule has 0 saturated carbocycles. The molecule has 92 valence electrons. The second-order valence-electron chi connectivity index (χ2n) is 3.66. The predicted octanol–water partition coefficient (Wildman–Crippen LogP) is 2.51. The average molecular weight is 259 g/mol. The third kappa shape index (κ3) is 3.06. The third-order valence-electron chi connectivity index (χ3n) is 2.49. The number of hydrogen-bond donors (Lipinski definition) is 1. The van der Waals surface area contributed by atoms with Crippen LogP contribution in [0.2, 0.25) is 0 Å². The predicted molar refractivity (Wildman–Crippen MR) is 70.3 cm³/mol. The van der Waals surface area contributed by atoms with E-state index in [-0.39, 0.29) is 6.04 Å². The highest BCUT2D eigenvalue weighted by Crippen LogP contribution is 2.16. The molecule has 18 heavy (non-hydrogen) atoms. The van der Waals surface area contributed by atoms with Crippen molar-refractivity contribution < 1.29 is 4.74 Å². The van der Waals surface area contributed by atoms with Crippen molar-refractivity contribution in [3.8, 4) is 11.9 Å². The van der Waals surface area contributed by atoms with Gasteiger partial charge in [0.1, 0.15) is 6.04 Å². The van der Waals surface area contributed by atoms with E-state index in [0.29, 0.717) is 12.4 Å². The van der Waals surface area contributed by atoms with Crippen molar-refractivity contribution in [1.29, 1.82) is 5.26 Å². The zero-order valence-electron chi connectivity index (χ0n) is 9.96. The maximum atomic E-state index is 9.17. The minimum absolute atomic E-state index is 0.356. The smallest absolute Gasteiger partial charge is 0.212 e. The summed E-state index contributed by atoms with van der Waals surface area (Å²) in [5.74, 6) is 0.550. The summed E-state index contributed by atoms with van der Waals surface area (Å²) in [6, 6.07) is 9.52. The van der Waals surface area contributed by atoms with Gasteiger partial charge in [-0.3, -0.25) is 5.32 Å². The molecule has 2 heterocycles. The summed E-state index contributed by atoms with van der Waals surface area (Å²) < 4.78 is 4.99. The SMILES string of the molecule is COc1ccc(C(C#N)NCc2cccs2)cn1. The molecular weight excluding hydrogens is 246 g/mol. The van der Waals surface area contributed by atoms with Crippen molar-refractivity contribution in [3.63, 3.8) is 0 Å². The highest BCUT2D eigenvalue weighted by atomic mass is 32.1. The van der Waals surface area contributed by atoms with E-state index < -0.39 is 0 Å². The molecule has 0 spiro atoms. The quantitative estimate of drug-likeness (QED) is 0.896. The number of pyridine rings is 1. The van der Waals surface area contributed by atoms with Gasteiger partial charge in [0.05, 0.1) is 13.2 Å². The molecule has 5 heteroatoms.